The first-order valence-corrected chi connectivity index (χ1v) is 5.82. The monoisotopic (exact) mass is 259 g/mol. The van der Waals surface area contributed by atoms with E-state index in [9.17, 15) is 9.59 Å². The van der Waals surface area contributed by atoms with Crippen molar-refractivity contribution in [2.24, 2.45) is 5.92 Å². The Morgan fingerprint density at radius 1 is 1.58 bits per heavy atom. The molecule has 1 fully saturated rings. The van der Waals surface area contributed by atoms with Crippen molar-refractivity contribution in [3.05, 3.63) is 23.4 Å². The lowest BCUT2D eigenvalue weighted by atomic mass is 10.1. The van der Waals surface area contributed by atoms with E-state index in [2.05, 4.69) is 9.72 Å². The van der Waals surface area contributed by atoms with E-state index >= 15 is 0 Å². The van der Waals surface area contributed by atoms with Gasteiger partial charge in [-0.2, -0.15) is 5.26 Å². The predicted molar refractivity (Wildman–Crippen MR) is 66.2 cm³/mol. The minimum absolute atomic E-state index is 0.132. The highest BCUT2D eigenvalue weighted by Gasteiger charge is 2.36. The molecule has 98 valence electrons. The van der Waals surface area contributed by atoms with Gasteiger partial charge >= 0.3 is 5.97 Å². The standard InChI is InChI=1S/C13H13N3O3/c1-8-9(6-14)3-4-11(15-8)16-7-10(5-12(16)17)13(18)19-2/h3-4,10H,5,7H2,1-2H3. The Morgan fingerprint density at radius 3 is 2.89 bits per heavy atom. The first-order valence-electron chi connectivity index (χ1n) is 5.82. The van der Waals surface area contributed by atoms with Gasteiger partial charge in [-0.25, -0.2) is 4.98 Å². The lowest BCUT2D eigenvalue weighted by Crippen LogP contribution is -2.27. The predicted octanol–water partition coefficient (Wildman–Crippen LogP) is 0.788. The van der Waals surface area contributed by atoms with Gasteiger partial charge in [-0.1, -0.05) is 0 Å². The Hall–Kier alpha value is -2.42. The molecule has 1 unspecified atom stereocenters. The summed E-state index contributed by atoms with van der Waals surface area (Å²) in [6.45, 7) is 1.98. The van der Waals surface area contributed by atoms with Gasteiger partial charge in [0.25, 0.3) is 0 Å². The molecule has 0 aromatic carbocycles. The minimum Gasteiger partial charge on any atom is -0.469 e. The van der Waals surface area contributed by atoms with Crippen molar-refractivity contribution >= 4 is 17.7 Å². The number of carbonyl (C=O) groups excluding carboxylic acids is 2. The quantitative estimate of drug-likeness (QED) is 0.733. The number of pyridine rings is 1. The Bertz CT molecular complexity index is 577. The smallest absolute Gasteiger partial charge is 0.311 e. The molecule has 1 amide bonds. The number of rotatable bonds is 2. The van der Waals surface area contributed by atoms with Crippen LogP contribution in [0.3, 0.4) is 0 Å². The van der Waals surface area contributed by atoms with Crippen molar-refractivity contribution in [3.63, 3.8) is 0 Å². The van der Waals surface area contributed by atoms with Gasteiger partial charge in [0.05, 0.1) is 24.3 Å². The molecule has 0 aliphatic carbocycles. The molecule has 1 aromatic rings. The van der Waals surface area contributed by atoms with E-state index in [1.807, 2.05) is 6.07 Å². The molecule has 0 N–H and O–H groups in total. The van der Waals surface area contributed by atoms with Crippen LogP contribution in [-0.4, -0.2) is 30.5 Å². The summed E-state index contributed by atoms with van der Waals surface area (Å²) in [4.78, 5) is 29.0. The summed E-state index contributed by atoms with van der Waals surface area (Å²) in [5.74, 6) is -0.531. The van der Waals surface area contributed by atoms with Gasteiger partial charge in [-0.05, 0) is 19.1 Å². The molecule has 2 heterocycles. The molecule has 6 heteroatoms. The minimum atomic E-state index is -0.449. The zero-order valence-electron chi connectivity index (χ0n) is 10.7. The summed E-state index contributed by atoms with van der Waals surface area (Å²) in [5, 5.41) is 8.84. The van der Waals surface area contributed by atoms with Crippen LogP contribution in [0.4, 0.5) is 5.82 Å². The molecule has 1 aromatic heterocycles. The number of anilines is 1. The summed E-state index contributed by atoms with van der Waals surface area (Å²) < 4.78 is 4.65. The van der Waals surface area contributed by atoms with Crippen molar-refractivity contribution in [3.8, 4) is 6.07 Å². The van der Waals surface area contributed by atoms with Gasteiger partial charge in [0.15, 0.2) is 0 Å². The summed E-state index contributed by atoms with van der Waals surface area (Å²) >= 11 is 0. The van der Waals surface area contributed by atoms with Crippen LogP contribution in [0.25, 0.3) is 0 Å². The van der Waals surface area contributed by atoms with E-state index in [0.717, 1.165) is 0 Å². The lowest BCUT2D eigenvalue weighted by Gasteiger charge is -2.15. The van der Waals surface area contributed by atoms with Gasteiger partial charge in [-0.3, -0.25) is 14.5 Å². The Kier molecular flexibility index (Phi) is 3.47. The van der Waals surface area contributed by atoms with E-state index in [1.165, 1.54) is 12.0 Å². The number of methoxy groups -OCH3 is 1. The van der Waals surface area contributed by atoms with Gasteiger partial charge in [0.2, 0.25) is 5.91 Å². The number of aromatic nitrogens is 1. The first kappa shape index (κ1) is 13.0. The number of nitrogens with zero attached hydrogens (tertiary/aromatic N) is 3. The molecule has 0 spiro atoms. The third-order valence-corrected chi connectivity index (χ3v) is 3.13. The largest absolute Gasteiger partial charge is 0.469 e. The van der Waals surface area contributed by atoms with Crippen LogP contribution in [-0.2, 0) is 14.3 Å². The highest BCUT2D eigenvalue weighted by Crippen LogP contribution is 2.25. The Morgan fingerprint density at radius 2 is 2.32 bits per heavy atom. The van der Waals surface area contributed by atoms with Crippen molar-refractivity contribution in [1.82, 2.24) is 4.98 Å². The maximum Gasteiger partial charge on any atom is 0.311 e. The zero-order chi connectivity index (χ0) is 14.0. The van der Waals surface area contributed by atoms with Crippen LogP contribution in [0.15, 0.2) is 12.1 Å². The number of hydrogen-bond acceptors (Lipinski definition) is 5. The number of carbonyl (C=O) groups is 2. The molecule has 0 saturated carbocycles. The van der Waals surface area contributed by atoms with E-state index in [4.69, 9.17) is 5.26 Å². The SMILES string of the molecule is COC(=O)C1CC(=O)N(c2ccc(C#N)c(C)n2)C1. The third kappa shape index (κ3) is 2.40. The molecule has 19 heavy (non-hydrogen) atoms. The number of nitriles is 1. The van der Waals surface area contributed by atoms with Crippen molar-refractivity contribution in [2.45, 2.75) is 13.3 Å². The van der Waals surface area contributed by atoms with E-state index in [0.29, 0.717) is 17.1 Å². The second kappa shape index (κ2) is 5.06. The van der Waals surface area contributed by atoms with Crippen molar-refractivity contribution in [1.29, 1.82) is 5.26 Å². The van der Waals surface area contributed by atoms with Crippen LogP contribution in [0.2, 0.25) is 0 Å². The number of esters is 1. The van der Waals surface area contributed by atoms with Gasteiger partial charge in [0.1, 0.15) is 11.9 Å². The average molecular weight is 259 g/mol. The van der Waals surface area contributed by atoms with E-state index in [-0.39, 0.29) is 24.8 Å². The number of amides is 1. The number of aryl methyl sites for hydroxylation is 1. The highest BCUT2D eigenvalue weighted by atomic mass is 16.5. The average Bonchev–Trinajstić information content (AvgIpc) is 2.80. The summed E-state index contributed by atoms with van der Waals surface area (Å²) in [6.07, 6.45) is 0.132. The third-order valence-electron chi connectivity index (χ3n) is 3.13. The fourth-order valence-corrected chi connectivity index (χ4v) is 2.07. The summed E-state index contributed by atoms with van der Waals surface area (Å²) in [5.41, 5.74) is 1.04. The molecule has 1 aliphatic rings. The maximum atomic E-state index is 11.9. The Labute approximate surface area is 110 Å². The fraction of sp³-hybridized carbons (Fsp3) is 0.385. The zero-order valence-corrected chi connectivity index (χ0v) is 10.7. The van der Waals surface area contributed by atoms with E-state index in [1.54, 1.807) is 19.1 Å². The van der Waals surface area contributed by atoms with Crippen LogP contribution < -0.4 is 4.90 Å². The fourth-order valence-electron chi connectivity index (χ4n) is 2.07. The van der Waals surface area contributed by atoms with Crippen molar-refractivity contribution in [2.75, 3.05) is 18.6 Å². The summed E-state index contributed by atoms with van der Waals surface area (Å²) in [7, 11) is 1.31. The van der Waals surface area contributed by atoms with E-state index < -0.39 is 5.92 Å². The topological polar surface area (TPSA) is 83.3 Å². The molecule has 2 rings (SSSR count). The molecule has 6 nitrogen and oxygen atoms in total. The molecular formula is C13H13N3O3. The second-order valence-electron chi connectivity index (χ2n) is 4.34. The molecule has 1 atom stereocenters. The highest BCUT2D eigenvalue weighted by molar-refractivity contribution is 5.98. The second-order valence-corrected chi connectivity index (χ2v) is 4.34. The lowest BCUT2D eigenvalue weighted by molar-refractivity contribution is -0.145. The van der Waals surface area contributed by atoms with Crippen LogP contribution in [0.5, 0.6) is 0 Å². The van der Waals surface area contributed by atoms with Crippen LogP contribution in [0, 0.1) is 24.2 Å². The van der Waals surface area contributed by atoms with Gasteiger partial charge in [0, 0.05) is 13.0 Å². The molecule has 0 bridgehead atoms. The molecule has 1 aliphatic heterocycles. The summed E-state index contributed by atoms with van der Waals surface area (Å²) in [6, 6.07) is 5.26. The maximum absolute atomic E-state index is 11.9. The molecular weight excluding hydrogens is 246 g/mol. The van der Waals surface area contributed by atoms with Crippen LogP contribution in [0.1, 0.15) is 17.7 Å². The number of hydrogen-bond donors (Lipinski definition) is 0. The molecule has 0 radical (unpaired) electrons. The van der Waals surface area contributed by atoms with Crippen LogP contribution >= 0.6 is 0 Å². The molecule has 1 saturated heterocycles. The number of ether oxygens (including phenoxy) is 1. The van der Waals surface area contributed by atoms with Gasteiger partial charge in [-0.15, -0.1) is 0 Å². The normalized spacial score (nSPS) is 18.3. The first-order chi connectivity index (χ1) is 9.06. The van der Waals surface area contributed by atoms with Crippen molar-refractivity contribution < 1.29 is 14.3 Å². The van der Waals surface area contributed by atoms with Gasteiger partial charge < -0.3 is 4.74 Å². The Balaban J connectivity index is 2.24.